The summed E-state index contributed by atoms with van der Waals surface area (Å²) in [5, 5.41) is 3.40. The van der Waals surface area contributed by atoms with Gasteiger partial charge in [0.2, 0.25) is 0 Å². The van der Waals surface area contributed by atoms with Gasteiger partial charge < -0.3 is 9.72 Å². The number of aromatic nitrogens is 2. The maximum absolute atomic E-state index is 4.57. The highest BCUT2D eigenvalue weighted by atomic mass is 15.0. The molecule has 16 heavy (non-hydrogen) atoms. The zero-order valence-electron chi connectivity index (χ0n) is 10.2. The molecule has 0 saturated carbocycles. The van der Waals surface area contributed by atoms with Crippen LogP contribution in [-0.4, -0.2) is 15.9 Å². The normalized spacial score (nSPS) is 11.5. The second-order valence-corrected chi connectivity index (χ2v) is 4.73. The second-order valence-electron chi connectivity index (χ2n) is 4.73. The lowest BCUT2D eigenvalue weighted by Crippen LogP contribution is -2.19. The topological polar surface area (TPSA) is 29.3 Å². The van der Waals surface area contributed by atoms with E-state index in [1.807, 2.05) is 0 Å². The average Bonchev–Trinajstić information content (AvgIpc) is 2.58. The monoisotopic (exact) mass is 217 g/mol. The van der Waals surface area contributed by atoms with Gasteiger partial charge in [0.05, 0.1) is 5.69 Å². The summed E-state index contributed by atoms with van der Waals surface area (Å²) in [6.45, 7) is 8.39. The Morgan fingerprint density at radius 3 is 3.00 bits per heavy atom. The molecule has 2 aromatic rings. The standard InChI is InChI=1S/C13H19N3/c1-10(2)7-14-8-12-9-16-5-4-11(3)6-13(16)15-12/h4-6,9-10,14H,7-8H2,1-3H3. The van der Waals surface area contributed by atoms with Crippen molar-refractivity contribution in [1.82, 2.24) is 14.7 Å². The third-order valence-electron chi connectivity index (χ3n) is 2.52. The zero-order valence-corrected chi connectivity index (χ0v) is 10.2. The molecule has 0 aliphatic heterocycles. The van der Waals surface area contributed by atoms with Crippen LogP contribution in [0.5, 0.6) is 0 Å². The van der Waals surface area contributed by atoms with E-state index in [9.17, 15) is 0 Å². The van der Waals surface area contributed by atoms with Gasteiger partial charge in [-0.2, -0.15) is 0 Å². The summed E-state index contributed by atoms with van der Waals surface area (Å²) >= 11 is 0. The molecule has 0 saturated heterocycles. The van der Waals surface area contributed by atoms with Gasteiger partial charge >= 0.3 is 0 Å². The molecule has 1 N–H and O–H groups in total. The quantitative estimate of drug-likeness (QED) is 0.852. The van der Waals surface area contributed by atoms with E-state index < -0.39 is 0 Å². The van der Waals surface area contributed by atoms with Gasteiger partial charge in [-0.3, -0.25) is 0 Å². The number of nitrogens with zero attached hydrogens (tertiary/aromatic N) is 2. The Kier molecular flexibility index (Phi) is 3.25. The molecule has 2 heterocycles. The molecule has 2 aromatic heterocycles. The van der Waals surface area contributed by atoms with Gasteiger partial charge in [-0.25, -0.2) is 4.98 Å². The van der Waals surface area contributed by atoms with Crippen molar-refractivity contribution in [1.29, 1.82) is 0 Å². The average molecular weight is 217 g/mol. The van der Waals surface area contributed by atoms with Gasteiger partial charge in [-0.15, -0.1) is 0 Å². The van der Waals surface area contributed by atoms with Crippen LogP contribution in [0, 0.1) is 12.8 Å². The Morgan fingerprint density at radius 1 is 1.44 bits per heavy atom. The fourth-order valence-electron chi connectivity index (χ4n) is 1.71. The predicted molar refractivity (Wildman–Crippen MR) is 66.5 cm³/mol. The first kappa shape index (κ1) is 11.1. The van der Waals surface area contributed by atoms with E-state index in [1.54, 1.807) is 0 Å². The lowest BCUT2D eigenvalue weighted by atomic mass is 10.2. The third kappa shape index (κ3) is 2.61. The van der Waals surface area contributed by atoms with Gasteiger partial charge in [0.1, 0.15) is 5.65 Å². The summed E-state index contributed by atoms with van der Waals surface area (Å²) in [7, 11) is 0. The highest BCUT2D eigenvalue weighted by Crippen LogP contribution is 2.07. The van der Waals surface area contributed by atoms with Crippen LogP contribution >= 0.6 is 0 Å². The maximum atomic E-state index is 4.57. The van der Waals surface area contributed by atoms with Crippen LogP contribution in [-0.2, 0) is 6.54 Å². The molecule has 3 heteroatoms. The Labute approximate surface area is 96.5 Å². The summed E-state index contributed by atoms with van der Waals surface area (Å²) < 4.78 is 2.07. The molecule has 0 aliphatic carbocycles. The Balaban J connectivity index is 2.08. The van der Waals surface area contributed by atoms with E-state index in [0.29, 0.717) is 5.92 Å². The zero-order chi connectivity index (χ0) is 11.5. The molecule has 0 bridgehead atoms. The first-order chi connectivity index (χ1) is 7.65. The van der Waals surface area contributed by atoms with Crippen LogP contribution in [0.15, 0.2) is 24.5 Å². The van der Waals surface area contributed by atoms with E-state index in [1.165, 1.54) is 5.56 Å². The second kappa shape index (κ2) is 4.66. The Bertz CT molecular complexity index is 471. The lowest BCUT2D eigenvalue weighted by molar-refractivity contribution is 0.549. The Morgan fingerprint density at radius 2 is 2.25 bits per heavy atom. The van der Waals surface area contributed by atoms with Gasteiger partial charge in [0, 0.05) is 18.9 Å². The van der Waals surface area contributed by atoms with Crippen LogP contribution in [0.25, 0.3) is 5.65 Å². The third-order valence-corrected chi connectivity index (χ3v) is 2.52. The number of aryl methyl sites for hydroxylation is 1. The molecule has 0 fully saturated rings. The minimum Gasteiger partial charge on any atom is -0.311 e. The number of fused-ring (bicyclic) bond motifs is 1. The summed E-state index contributed by atoms with van der Waals surface area (Å²) in [4.78, 5) is 4.57. The van der Waals surface area contributed by atoms with Crippen LogP contribution < -0.4 is 5.32 Å². The molecule has 0 aromatic carbocycles. The van der Waals surface area contributed by atoms with Crippen molar-refractivity contribution in [3.63, 3.8) is 0 Å². The van der Waals surface area contributed by atoms with E-state index in [-0.39, 0.29) is 0 Å². The fraction of sp³-hybridized carbons (Fsp3) is 0.462. The molecule has 3 nitrogen and oxygen atoms in total. The van der Waals surface area contributed by atoms with Crippen molar-refractivity contribution in [2.45, 2.75) is 27.3 Å². The largest absolute Gasteiger partial charge is 0.311 e. The van der Waals surface area contributed by atoms with Crippen LogP contribution in [0.3, 0.4) is 0 Å². The number of hydrogen-bond donors (Lipinski definition) is 1. The molecule has 0 atom stereocenters. The highest BCUT2D eigenvalue weighted by molar-refractivity contribution is 5.42. The van der Waals surface area contributed by atoms with Crippen molar-refractivity contribution in [3.8, 4) is 0 Å². The number of nitrogens with one attached hydrogen (secondary N) is 1. The molecular formula is C13H19N3. The predicted octanol–water partition coefficient (Wildman–Crippen LogP) is 2.39. The lowest BCUT2D eigenvalue weighted by Gasteiger charge is -2.04. The minimum absolute atomic E-state index is 0.680. The summed E-state index contributed by atoms with van der Waals surface area (Å²) in [5.41, 5.74) is 3.38. The first-order valence-corrected chi connectivity index (χ1v) is 5.80. The van der Waals surface area contributed by atoms with E-state index >= 15 is 0 Å². The first-order valence-electron chi connectivity index (χ1n) is 5.80. The summed E-state index contributed by atoms with van der Waals surface area (Å²) in [5.74, 6) is 0.680. The van der Waals surface area contributed by atoms with E-state index in [4.69, 9.17) is 0 Å². The van der Waals surface area contributed by atoms with E-state index in [2.05, 4.69) is 60.0 Å². The van der Waals surface area contributed by atoms with Crippen molar-refractivity contribution < 1.29 is 0 Å². The van der Waals surface area contributed by atoms with Gasteiger partial charge in [0.15, 0.2) is 0 Å². The van der Waals surface area contributed by atoms with Gasteiger partial charge in [-0.1, -0.05) is 13.8 Å². The SMILES string of the molecule is Cc1ccn2cc(CNCC(C)C)nc2c1. The molecular weight excluding hydrogens is 198 g/mol. The molecule has 0 unspecified atom stereocenters. The van der Waals surface area contributed by atoms with Crippen molar-refractivity contribution >= 4 is 5.65 Å². The van der Waals surface area contributed by atoms with Crippen LogP contribution in [0.2, 0.25) is 0 Å². The molecule has 86 valence electrons. The maximum Gasteiger partial charge on any atom is 0.137 e. The molecule has 0 radical (unpaired) electrons. The smallest absolute Gasteiger partial charge is 0.137 e. The molecule has 0 spiro atoms. The number of rotatable bonds is 4. The molecule has 0 aliphatic rings. The number of hydrogen-bond acceptors (Lipinski definition) is 2. The van der Waals surface area contributed by atoms with Crippen molar-refractivity contribution in [2.75, 3.05) is 6.54 Å². The van der Waals surface area contributed by atoms with Crippen molar-refractivity contribution in [3.05, 3.63) is 35.8 Å². The summed E-state index contributed by atoms with van der Waals surface area (Å²) in [6.07, 6.45) is 4.14. The van der Waals surface area contributed by atoms with Crippen LogP contribution in [0.1, 0.15) is 25.1 Å². The number of imidazole rings is 1. The fourth-order valence-corrected chi connectivity index (χ4v) is 1.71. The number of pyridine rings is 1. The molecule has 2 rings (SSSR count). The van der Waals surface area contributed by atoms with Gasteiger partial charge in [-0.05, 0) is 37.1 Å². The van der Waals surface area contributed by atoms with E-state index in [0.717, 1.165) is 24.4 Å². The Hall–Kier alpha value is -1.35. The highest BCUT2D eigenvalue weighted by Gasteiger charge is 2.01. The summed E-state index contributed by atoms with van der Waals surface area (Å²) in [6, 6.07) is 4.20. The van der Waals surface area contributed by atoms with Crippen molar-refractivity contribution in [2.24, 2.45) is 5.92 Å². The molecule has 0 amide bonds. The minimum atomic E-state index is 0.680. The van der Waals surface area contributed by atoms with Crippen LogP contribution in [0.4, 0.5) is 0 Å². The van der Waals surface area contributed by atoms with Gasteiger partial charge in [0.25, 0.3) is 0 Å².